The van der Waals surface area contributed by atoms with E-state index in [1.54, 1.807) is 13.8 Å². The van der Waals surface area contributed by atoms with E-state index >= 15 is 0 Å². The van der Waals surface area contributed by atoms with Crippen molar-refractivity contribution in [2.75, 3.05) is 0 Å². The van der Waals surface area contributed by atoms with E-state index in [-0.39, 0.29) is 5.69 Å². The third-order valence-electron chi connectivity index (χ3n) is 1.69. The number of nitro groups is 1. The Morgan fingerprint density at radius 2 is 2.31 bits per heavy atom. The van der Waals surface area contributed by atoms with Crippen molar-refractivity contribution in [2.24, 2.45) is 0 Å². The number of aromatic amines is 1. The van der Waals surface area contributed by atoms with Gasteiger partial charge in [-0.05, 0) is 13.8 Å². The number of nitrogens with one attached hydrogen (secondary N) is 1. The molecule has 1 heterocycles. The van der Waals surface area contributed by atoms with E-state index in [9.17, 15) is 14.9 Å². The highest BCUT2D eigenvalue weighted by atomic mass is 16.6. The normalized spacial score (nSPS) is 10.5. The van der Waals surface area contributed by atoms with E-state index < -0.39 is 35.0 Å². The molecule has 8 nitrogen and oxygen atoms in total. The van der Waals surface area contributed by atoms with Crippen molar-refractivity contribution in [3.05, 3.63) is 21.5 Å². The molecule has 8 heteroatoms. The lowest BCUT2D eigenvalue weighted by Gasteiger charge is -2.04. The van der Waals surface area contributed by atoms with Crippen LogP contribution >= 0.6 is 0 Å². The van der Waals surface area contributed by atoms with Gasteiger partial charge in [-0.2, -0.15) is 5.10 Å². The summed E-state index contributed by atoms with van der Waals surface area (Å²) in [6, 6.07) is 0. The molecule has 0 aliphatic carbocycles. The summed E-state index contributed by atoms with van der Waals surface area (Å²) >= 11 is 0. The van der Waals surface area contributed by atoms with E-state index in [1.807, 2.05) is 0 Å². The first-order valence-electron chi connectivity index (χ1n) is 4.50. The fraction of sp³-hybridized carbons (Fsp3) is 0.500. The van der Waals surface area contributed by atoms with Gasteiger partial charge in [0.05, 0.1) is 17.6 Å². The van der Waals surface area contributed by atoms with Gasteiger partial charge in [0.15, 0.2) is 0 Å². The van der Waals surface area contributed by atoms with Gasteiger partial charge in [0.25, 0.3) is 0 Å². The third kappa shape index (κ3) is 2.34. The van der Waals surface area contributed by atoms with Gasteiger partial charge in [-0.25, -0.2) is 4.79 Å². The molecule has 0 unspecified atom stereocenters. The van der Waals surface area contributed by atoms with E-state index in [1.165, 1.54) is 0 Å². The van der Waals surface area contributed by atoms with E-state index in [0.29, 0.717) is 0 Å². The minimum Gasteiger partial charge on any atom is -0.458 e. The Kier molecular flexibility index (Phi) is 3.56. The lowest BCUT2D eigenvalue weighted by molar-refractivity contribution is -0.386. The van der Waals surface area contributed by atoms with Gasteiger partial charge in [-0.1, -0.05) is 0 Å². The van der Waals surface area contributed by atoms with Crippen molar-refractivity contribution in [1.82, 2.24) is 10.2 Å². The van der Waals surface area contributed by atoms with E-state index in [0.717, 1.165) is 0 Å². The van der Waals surface area contributed by atoms with Crippen molar-refractivity contribution in [3.63, 3.8) is 0 Å². The Hall–Kier alpha value is -1.96. The first-order chi connectivity index (χ1) is 7.47. The lowest BCUT2D eigenvalue weighted by atomic mass is 10.3. The SMILES string of the molecule is CC(C)OC(=O)c1n[nH]c(CO)c1[N+](=O)[O-]. The summed E-state index contributed by atoms with van der Waals surface area (Å²) in [5, 5.41) is 25.2. The molecule has 0 aliphatic heterocycles. The second kappa shape index (κ2) is 4.71. The molecule has 0 aromatic carbocycles. The number of hydrogen-bond acceptors (Lipinski definition) is 6. The highest BCUT2D eigenvalue weighted by Gasteiger charge is 2.30. The third-order valence-corrected chi connectivity index (χ3v) is 1.69. The highest BCUT2D eigenvalue weighted by molar-refractivity contribution is 5.92. The molecule has 1 rings (SSSR count). The molecule has 88 valence electrons. The first-order valence-corrected chi connectivity index (χ1v) is 4.50. The Bertz CT molecular complexity index is 412. The molecular formula is C8H11N3O5. The topological polar surface area (TPSA) is 118 Å². The maximum Gasteiger partial charge on any atom is 0.366 e. The van der Waals surface area contributed by atoms with Gasteiger partial charge in [0, 0.05) is 0 Å². The summed E-state index contributed by atoms with van der Waals surface area (Å²) in [4.78, 5) is 21.3. The van der Waals surface area contributed by atoms with Crippen molar-refractivity contribution < 1.29 is 19.6 Å². The second-order valence-corrected chi connectivity index (χ2v) is 3.27. The van der Waals surface area contributed by atoms with Gasteiger partial charge in [-0.3, -0.25) is 15.2 Å². The number of aliphatic hydroxyl groups excluding tert-OH is 1. The van der Waals surface area contributed by atoms with Crippen LogP contribution < -0.4 is 0 Å². The molecule has 1 aromatic rings. The van der Waals surface area contributed by atoms with Crippen LogP contribution in [0.4, 0.5) is 5.69 Å². The van der Waals surface area contributed by atoms with Crippen LogP contribution in [0.15, 0.2) is 0 Å². The average Bonchev–Trinajstić information content (AvgIpc) is 2.59. The van der Waals surface area contributed by atoms with Gasteiger partial charge < -0.3 is 9.84 Å². The fourth-order valence-corrected chi connectivity index (χ4v) is 1.09. The minimum atomic E-state index is -0.891. The number of nitrogens with zero attached hydrogens (tertiary/aromatic N) is 2. The fourth-order valence-electron chi connectivity index (χ4n) is 1.09. The maximum absolute atomic E-state index is 11.4. The van der Waals surface area contributed by atoms with Gasteiger partial charge in [0.1, 0.15) is 5.69 Å². The number of ether oxygens (including phenoxy) is 1. The molecule has 0 fully saturated rings. The van der Waals surface area contributed by atoms with Crippen LogP contribution in [0, 0.1) is 10.1 Å². The largest absolute Gasteiger partial charge is 0.458 e. The number of rotatable bonds is 4. The zero-order valence-electron chi connectivity index (χ0n) is 8.76. The Morgan fingerprint density at radius 3 is 2.75 bits per heavy atom. The molecule has 0 saturated heterocycles. The van der Waals surface area contributed by atoms with Gasteiger partial charge >= 0.3 is 11.7 Å². The zero-order chi connectivity index (χ0) is 12.3. The van der Waals surface area contributed by atoms with Gasteiger partial charge in [-0.15, -0.1) is 0 Å². The minimum absolute atomic E-state index is 0.124. The summed E-state index contributed by atoms with van der Waals surface area (Å²) in [6.45, 7) is 2.63. The van der Waals surface area contributed by atoms with Crippen LogP contribution in [0.5, 0.6) is 0 Å². The molecule has 0 amide bonds. The van der Waals surface area contributed by atoms with E-state index in [4.69, 9.17) is 9.84 Å². The summed E-state index contributed by atoms with van der Waals surface area (Å²) in [7, 11) is 0. The van der Waals surface area contributed by atoms with Crippen LogP contribution in [-0.2, 0) is 11.3 Å². The summed E-state index contributed by atoms with van der Waals surface area (Å²) < 4.78 is 4.78. The summed E-state index contributed by atoms with van der Waals surface area (Å²) in [5.41, 5.74) is -1.10. The van der Waals surface area contributed by atoms with Crippen LogP contribution in [0.1, 0.15) is 30.0 Å². The molecule has 2 N–H and O–H groups in total. The number of hydrogen-bond donors (Lipinski definition) is 2. The first kappa shape index (κ1) is 12.1. The Balaban J connectivity index is 3.09. The quantitative estimate of drug-likeness (QED) is 0.437. The molecule has 0 aliphatic rings. The maximum atomic E-state index is 11.4. The Labute approximate surface area is 90.4 Å². The summed E-state index contributed by atoms with van der Waals surface area (Å²) in [5.74, 6) is -0.891. The number of carbonyl (C=O) groups excluding carboxylic acids is 1. The van der Waals surface area contributed by atoms with Gasteiger partial charge in [0.2, 0.25) is 5.69 Å². The second-order valence-electron chi connectivity index (χ2n) is 3.27. The summed E-state index contributed by atoms with van der Waals surface area (Å²) in [6.07, 6.45) is -0.401. The van der Waals surface area contributed by atoms with Crippen molar-refractivity contribution >= 4 is 11.7 Å². The number of esters is 1. The predicted octanol–water partition coefficient (Wildman–Crippen LogP) is 0.375. The average molecular weight is 229 g/mol. The number of aromatic nitrogens is 2. The smallest absolute Gasteiger partial charge is 0.366 e. The molecule has 1 aromatic heterocycles. The molecule has 0 saturated carbocycles. The molecule has 0 spiro atoms. The number of H-pyrrole nitrogens is 1. The molecular weight excluding hydrogens is 218 g/mol. The lowest BCUT2D eigenvalue weighted by Crippen LogP contribution is -2.13. The monoisotopic (exact) mass is 229 g/mol. The standard InChI is InChI=1S/C8H11N3O5/c1-4(2)16-8(13)6-7(11(14)15)5(3-12)9-10-6/h4,12H,3H2,1-2H3,(H,9,10). The van der Waals surface area contributed by atoms with Crippen molar-refractivity contribution in [1.29, 1.82) is 0 Å². The number of aliphatic hydroxyl groups is 1. The van der Waals surface area contributed by atoms with Crippen LogP contribution in [-0.4, -0.2) is 32.3 Å². The molecule has 0 bridgehead atoms. The molecule has 0 atom stereocenters. The van der Waals surface area contributed by atoms with Crippen molar-refractivity contribution in [3.8, 4) is 0 Å². The molecule has 16 heavy (non-hydrogen) atoms. The van der Waals surface area contributed by atoms with Crippen LogP contribution in [0.2, 0.25) is 0 Å². The van der Waals surface area contributed by atoms with E-state index in [2.05, 4.69) is 10.2 Å². The predicted molar refractivity (Wildman–Crippen MR) is 51.7 cm³/mol. The Morgan fingerprint density at radius 1 is 1.69 bits per heavy atom. The highest BCUT2D eigenvalue weighted by Crippen LogP contribution is 2.22. The molecule has 0 radical (unpaired) electrons. The zero-order valence-corrected chi connectivity index (χ0v) is 8.76. The number of carbonyl (C=O) groups is 1. The van der Waals surface area contributed by atoms with Crippen LogP contribution in [0.3, 0.4) is 0 Å². The van der Waals surface area contributed by atoms with Crippen molar-refractivity contribution in [2.45, 2.75) is 26.6 Å². The van der Waals surface area contributed by atoms with Crippen LogP contribution in [0.25, 0.3) is 0 Å².